The van der Waals surface area contributed by atoms with Crippen molar-refractivity contribution in [1.29, 1.82) is 0 Å². The van der Waals surface area contributed by atoms with E-state index in [9.17, 15) is 4.79 Å². The molecule has 2 nitrogen and oxygen atoms in total. The van der Waals surface area contributed by atoms with Crippen molar-refractivity contribution in [1.82, 2.24) is 0 Å². The minimum absolute atomic E-state index is 0.122. The number of rotatable bonds is 3. The second kappa shape index (κ2) is 5.29. The molecule has 1 saturated carbocycles. The molecule has 0 aromatic heterocycles. The summed E-state index contributed by atoms with van der Waals surface area (Å²) in [5.41, 5.74) is 0.192. The lowest BCUT2D eigenvalue weighted by molar-refractivity contribution is -0.150. The number of hydrogen-bond acceptors (Lipinski definition) is 2. The van der Waals surface area contributed by atoms with E-state index in [-0.39, 0.29) is 17.5 Å². The first-order valence-corrected chi connectivity index (χ1v) is 7.02. The Morgan fingerprint density at radius 2 is 2.06 bits per heavy atom. The van der Waals surface area contributed by atoms with Gasteiger partial charge in [-0.2, -0.15) is 0 Å². The van der Waals surface area contributed by atoms with Crippen LogP contribution >= 0.6 is 0 Å². The van der Waals surface area contributed by atoms with Gasteiger partial charge in [-0.25, -0.2) is 0 Å². The minimum Gasteiger partial charge on any atom is -0.462 e. The average molecular weight is 248 g/mol. The average Bonchev–Trinajstić information content (AvgIpc) is 2.78. The molecule has 0 aromatic rings. The highest BCUT2D eigenvalue weighted by molar-refractivity contribution is 5.66. The Bertz CT molecular complexity index is 365. The van der Waals surface area contributed by atoms with Crippen LogP contribution in [0.5, 0.6) is 0 Å². The Kier molecular flexibility index (Phi) is 3.94. The Balaban J connectivity index is 2.10. The van der Waals surface area contributed by atoms with E-state index in [2.05, 4.69) is 38.2 Å². The van der Waals surface area contributed by atoms with Crippen molar-refractivity contribution >= 4 is 5.97 Å². The van der Waals surface area contributed by atoms with E-state index in [1.807, 2.05) is 0 Å². The molecule has 0 radical (unpaired) electrons. The number of carbonyl (C=O) groups excluding carboxylic acids is 1. The zero-order valence-electron chi connectivity index (χ0n) is 11.7. The Hall–Kier alpha value is -1.05. The van der Waals surface area contributed by atoms with Crippen molar-refractivity contribution in [3.05, 3.63) is 24.3 Å². The van der Waals surface area contributed by atoms with Gasteiger partial charge in [0.1, 0.15) is 6.10 Å². The molecule has 2 aliphatic carbocycles. The standard InChI is InChI=1S/C16H24O2/c1-12(17)18-15-11-7-10-14(15)16(2,3)13-8-5-4-6-9-13/h4-6,8,13-15H,7,9-11H2,1-3H3. The van der Waals surface area contributed by atoms with Gasteiger partial charge in [-0.1, -0.05) is 38.2 Å². The van der Waals surface area contributed by atoms with Gasteiger partial charge in [0.2, 0.25) is 0 Å². The van der Waals surface area contributed by atoms with Gasteiger partial charge in [-0.05, 0) is 37.0 Å². The topological polar surface area (TPSA) is 26.3 Å². The lowest BCUT2D eigenvalue weighted by atomic mass is 9.66. The molecule has 0 heterocycles. The van der Waals surface area contributed by atoms with E-state index >= 15 is 0 Å². The maximum absolute atomic E-state index is 11.2. The Morgan fingerprint density at radius 1 is 1.28 bits per heavy atom. The molecule has 0 bridgehead atoms. The van der Waals surface area contributed by atoms with E-state index < -0.39 is 0 Å². The highest BCUT2D eigenvalue weighted by Crippen LogP contribution is 2.47. The SMILES string of the molecule is CC(=O)OC1CCCC1C(C)(C)C1C=CC=CC1. The van der Waals surface area contributed by atoms with Crippen molar-refractivity contribution in [2.75, 3.05) is 0 Å². The largest absolute Gasteiger partial charge is 0.462 e. The molecule has 0 amide bonds. The zero-order valence-corrected chi connectivity index (χ0v) is 11.7. The van der Waals surface area contributed by atoms with E-state index in [1.54, 1.807) is 0 Å². The first-order valence-electron chi connectivity index (χ1n) is 7.02. The molecule has 0 aliphatic heterocycles. The zero-order chi connectivity index (χ0) is 13.2. The van der Waals surface area contributed by atoms with Crippen LogP contribution in [-0.4, -0.2) is 12.1 Å². The second-order valence-electron chi connectivity index (χ2n) is 6.16. The molecule has 0 saturated heterocycles. The van der Waals surface area contributed by atoms with E-state index in [0.29, 0.717) is 11.8 Å². The fourth-order valence-corrected chi connectivity index (χ4v) is 3.54. The second-order valence-corrected chi connectivity index (χ2v) is 6.16. The predicted molar refractivity (Wildman–Crippen MR) is 73.1 cm³/mol. The summed E-state index contributed by atoms with van der Waals surface area (Å²) in [6.45, 7) is 6.17. The summed E-state index contributed by atoms with van der Waals surface area (Å²) in [5.74, 6) is 0.910. The van der Waals surface area contributed by atoms with Gasteiger partial charge in [0.05, 0.1) is 0 Å². The van der Waals surface area contributed by atoms with Crippen molar-refractivity contribution in [3.8, 4) is 0 Å². The highest BCUT2D eigenvalue weighted by atomic mass is 16.5. The summed E-state index contributed by atoms with van der Waals surface area (Å²) < 4.78 is 5.52. The van der Waals surface area contributed by atoms with Crippen molar-refractivity contribution in [3.63, 3.8) is 0 Å². The maximum Gasteiger partial charge on any atom is 0.302 e. The van der Waals surface area contributed by atoms with Crippen LogP contribution in [-0.2, 0) is 9.53 Å². The number of esters is 1. The monoisotopic (exact) mass is 248 g/mol. The molecule has 0 N–H and O–H groups in total. The smallest absolute Gasteiger partial charge is 0.302 e. The molecule has 0 aromatic carbocycles. The van der Waals surface area contributed by atoms with Crippen LogP contribution in [0.2, 0.25) is 0 Å². The van der Waals surface area contributed by atoms with Crippen LogP contribution < -0.4 is 0 Å². The molecule has 2 aliphatic rings. The summed E-state index contributed by atoms with van der Waals surface area (Å²) in [5, 5.41) is 0. The van der Waals surface area contributed by atoms with E-state index in [4.69, 9.17) is 4.74 Å². The van der Waals surface area contributed by atoms with Gasteiger partial charge in [-0.15, -0.1) is 0 Å². The highest BCUT2D eigenvalue weighted by Gasteiger charge is 2.43. The van der Waals surface area contributed by atoms with Crippen LogP contribution in [0.15, 0.2) is 24.3 Å². The molecule has 18 heavy (non-hydrogen) atoms. The third kappa shape index (κ3) is 2.68. The first-order chi connectivity index (χ1) is 8.51. The van der Waals surface area contributed by atoms with Gasteiger partial charge in [-0.3, -0.25) is 4.79 Å². The number of ether oxygens (including phenoxy) is 1. The fraction of sp³-hybridized carbons (Fsp3) is 0.688. The lowest BCUT2D eigenvalue weighted by Crippen LogP contribution is -2.38. The first kappa shape index (κ1) is 13.4. The summed E-state index contributed by atoms with van der Waals surface area (Å²) in [6.07, 6.45) is 13.4. The van der Waals surface area contributed by atoms with E-state index in [1.165, 1.54) is 19.8 Å². The number of allylic oxidation sites excluding steroid dienone is 4. The van der Waals surface area contributed by atoms with Crippen LogP contribution in [0.1, 0.15) is 46.5 Å². The summed E-state index contributed by atoms with van der Waals surface area (Å²) in [4.78, 5) is 11.2. The summed E-state index contributed by atoms with van der Waals surface area (Å²) in [7, 11) is 0. The van der Waals surface area contributed by atoms with Gasteiger partial charge in [0.15, 0.2) is 0 Å². The van der Waals surface area contributed by atoms with Crippen LogP contribution in [0.4, 0.5) is 0 Å². The van der Waals surface area contributed by atoms with Crippen molar-refractivity contribution in [2.45, 2.75) is 52.6 Å². The molecule has 2 heteroatoms. The molecule has 3 unspecified atom stereocenters. The third-order valence-electron chi connectivity index (χ3n) is 4.66. The third-order valence-corrected chi connectivity index (χ3v) is 4.66. The molecular weight excluding hydrogens is 224 g/mol. The normalized spacial score (nSPS) is 31.6. The summed E-state index contributed by atoms with van der Waals surface area (Å²) >= 11 is 0. The van der Waals surface area contributed by atoms with Gasteiger partial charge >= 0.3 is 5.97 Å². The fourth-order valence-electron chi connectivity index (χ4n) is 3.54. The van der Waals surface area contributed by atoms with Crippen LogP contribution in [0.3, 0.4) is 0 Å². The lowest BCUT2D eigenvalue weighted by Gasteiger charge is -2.41. The number of hydrogen-bond donors (Lipinski definition) is 0. The molecule has 2 rings (SSSR count). The molecular formula is C16H24O2. The van der Waals surface area contributed by atoms with Crippen molar-refractivity contribution in [2.24, 2.45) is 17.3 Å². The minimum atomic E-state index is -0.137. The number of carbonyl (C=O) groups is 1. The molecule has 1 fully saturated rings. The van der Waals surface area contributed by atoms with Crippen LogP contribution in [0, 0.1) is 17.3 Å². The predicted octanol–water partition coefficient (Wildman–Crippen LogP) is 3.88. The Labute approximate surface area is 110 Å². The van der Waals surface area contributed by atoms with Gasteiger partial charge in [0.25, 0.3) is 0 Å². The Morgan fingerprint density at radius 3 is 2.67 bits per heavy atom. The molecule has 0 spiro atoms. The van der Waals surface area contributed by atoms with Crippen molar-refractivity contribution < 1.29 is 9.53 Å². The van der Waals surface area contributed by atoms with Crippen LogP contribution in [0.25, 0.3) is 0 Å². The maximum atomic E-state index is 11.2. The molecule has 3 atom stereocenters. The molecule has 100 valence electrons. The van der Waals surface area contributed by atoms with Gasteiger partial charge in [0, 0.05) is 12.8 Å². The van der Waals surface area contributed by atoms with E-state index in [0.717, 1.165) is 12.8 Å². The summed E-state index contributed by atoms with van der Waals surface area (Å²) in [6, 6.07) is 0. The quantitative estimate of drug-likeness (QED) is 0.709. The van der Waals surface area contributed by atoms with Gasteiger partial charge < -0.3 is 4.74 Å².